The van der Waals surface area contributed by atoms with Crippen molar-refractivity contribution in [3.8, 4) is 0 Å². The SMILES string of the molecule is Cc1ccccc1CNC(=O)NCC1CCCN1. The summed E-state index contributed by atoms with van der Waals surface area (Å²) in [5.74, 6) is 0. The molecular weight excluding hydrogens is 226 g/mol. The van der Waals surface area contributed by atoms with E-state index in [4.69, 9.17) is 0 Å². The number of carbonyl (C=O) groups is 1. The standard InChI is InChI=1S/C14H21N3O/c1-11-5-2-3-6-12(11)9-16-14(18)17-10-13-7-4-8-15-13/h2-3,5-6,13,15H,4,7-10H2,1H3,(H2,16,17,18). The van der Waals surface area contributed by atoms with Crippen LogP contribution in [-0.4, -0.2) is 25.2 Å². The Balaban J connectivity index is 1.69. The van der Waals surface area contributed by atoms with Gasteiger partial charge in [-0.25, -0.2) is 4.79 Å². The van der Waals surface area contributed by atoms with Crippen LogP contribution in [0.2, 0.25) is 0 Å². The molecule has 1 unspecified atom stereocenters. The Hall–Kier alpha value is -1.55. The van der Waals surface area contributed by atoms with E-state index in [1.54, 1.807) is 0 Å². The molecule has 0 aromatic heterocycles. The summed E-state index contributed by atoms with van der Waals surface area (Å²) in [4.78, 5) is 11.6. The first-order chi connectivity index (χ1) is 8.75. The van der Waals surface area contributed by atoms with Crippen molar-refractivity contribution < 1.29 is 4.79 Å². The molecule has 1 atom stereocenters. The number of amides is 2. The predicted molar refractivity (Wildman–Crippen MR) is 72.4 cm³/mol. The number of rotatable bonds is 4. The summed E-state index contributed by atoms with van der Waals surface area (Å²) in [6.07, 6.45) is 2.36. The van der Waals surface area contributed by atoms with Gasteiger partial charge in [0.15, 0.2) is 0 Å². The van der Waals surface area contributed by atoms with Gasteiger partial charge in [-0.15, -0.1) is 0 Å². The average molecular weight is 247 g/mol. The van der Waals surface area contributed by atoms with Crippen LogP contribution >= 0.6 is 0 Å². The molecule has 2 amide bonds. The van der Waals surface area contributed by atoms with Crippen LogP contribution in [-0.2, 0) is 6.54 Å². The largest absolute Gasteiger partial charge is 0.337 e. The van der Waals surface area contributed by atoms with E-state index in [2.05, 4.69) is 28.9 Å². The summed E-state index contributed by atoms with van der Waals surface area (Å²) in [6.45, 7) is 4.41. The predicted octanol–water partition coefficient (Wildman–Crippen LogP) is 1.55. The van der Waals surface area contributed by atoms with Crippen molar-refractivity contribution in [2.45, 2.75) is 32.4 Å². The second-order valence-electron chi connectivity index (χ2n) is 4.78. The van der Waals surface area contributed by atoms with Crippen molar-refractivity contribution in [2.75, 3.05) is 13.1 Å². The summed E-state index contributed by atoms with van der Waals surface area (Å²) in [6, 6.07) is 8.43. The number of aryl methyl sites for hydroxylation is 1. The Morgan fingerprint density at radius 3 is 2.94 bits per heavy atom. The first-order valence-electron chi connectivity index (χ1n) is 6.55. The molecule has 3 N–H and O–H groups in total. The Labute approximate surface area is 108 Å². The number of benzene rings is 1. The highest BCUT2D eigenvalue weighted by atomic mass is 16.2. The van der Waals surface area contributed by atoms with Gasteiger partial charge in [0.1, 0.15) is 0 Å². The maximum atomic E-state index is 11.6. The van der Waals surface area contributed by atoms with E-state index in [-0.39, 0.29) is 6.03 Å². The zero-order valence-electron chi connectivity index (χ0n) is 10.8. The molecule has 0 aliphatic carbocycles. The molecule has 2 rings (SSSR count). The van der Waals surface area contributed by atoms with Gasteiger partial charge in [-0.05, 0) is 37.4 Å². The molecule has 0 saturated carbocycles. The summed E-state index contributed by atoms with van der Waals surface area (Å²) < 4.78 is 0. The molecule has 1 aliphatic heterocycles. The molecule has 1 aliphatic rings. The molecule has 1 saturated heterocycles. The molecule has 0 radical (unpaired) electrons. The van der Waals surface area contributed by atoms with Gasteiger partial charge in [-0.1, -0.05) is 24.3 Å². The Morgan fingerprint density at radius 2 is 2.22 bits per heavy atom. The van der Waals surface area contributed by atoms with Crippen LogP contribution in [0.5, 0.6) is 0 Å². The highest BCUT2D eigenvalue weighted by molar-refractivity contribution is 5.73. The minimum absolute atomic E-state index is 0.0908. The number of urea groups is 1. The Morgan fingerprint density at radius 1 is 1.39 bits per heavy atom. The van der Waals surface area contributed by atoms with Crippen molar-refractivity contribution in [3.05, 3.63) is 35.4 Å². The van der Waals surface area contributed by atoms with Crippen LogP contribution in [0.1, 0.15) is 24.0 Å². The summed E-state index contributed by atoms with van der Waals surface area (Å²) in [5.41, 5.74) is 2.36. The van der Waals surface area contributed by atoms with E-state index >= 15 is 0 Å². The van der Waals surface area contributed by atoms with E-state index in [0.717, 1.165) is 18.5 Å². The van der Waals surface area contributed by atoms with Gasteiger partial charge in [0, 0.05) is 19.1 Å². The third-order valence-electron chi connectivity index (χ3n) is 3.37. The maximum Gasteiger partial charge on any atom is 0.315 e. The van der Waals surface area contributed by atoms with Crippen LogP contribution in [0.4, 0.5) is 4.79 Å². The summed E-state index contributed by atoms with van der Waals surface area (Å²) in [7, 11) is 0. The van der Waals surface area contributed by atoms with E-state index < -0.39 is 0 Å². The molecule has 4 heteroatoms. The third-order valence-corrected chi connectivity index (χ3v) is 3.37. The van der Waals surface area contributed by atoms with Crippen LogP contribution in [0.15, 0.2) is 24.3 Å². The fraction of sp³-hybridized carbons (Fsp3) is 0.500. The lowest BCUT2D eigenvalue weighted by Gasteiger charge is -2.13. The number of hydrogen-bond donors (Lipinski definition) is 3. The maximum absolute atomic E-state index is 11.6. The molecule has 1 aromatic rings. The van der Waals surface area contributed by atoms with Crippen molar-refractivity contribution >= 4 is 6.03 Å². The molecule has 0 bridgehead atoms. The number of hydrogen-bond acceptors (Lipinski definition) is 2. The van der Waals surface area contributed by atoms with E-state index in [0.29, 0.717) is 19.1 Å². The monoisotopic (exact) mass is 247 g/mol. The normalized spacial score (nSPS) is 18.6. The fourth-order valence-corrected chi connectivity index (χ4v) is 2.19. The van der Waals surface area contributed by atoms with Crippen LogP contribution < -0.4 is 16.0 Å². The van der Waals surface area contributed by atoms with E-state index in [9.17, 15) is 4.79 Å². The smallest absolute Gasteiger partial charge is 0.315 e. The lowest BCUT2D eigenvalue weighted by molar-refractivity contribution is 0.239. The number of carbonyl (C=O) groups excluding carboxylic acids is 1. The van der Waals surface area contributed by atoms with Gasteiger partial charge in [-0.3, -0.25) is 0 Å². The molecule has 18 heavy (non-hydrogen) atoms. The quantitative estimate of drug-likeness (QED) is 0.756. The highest BCUT2D eigenvalue weighted by Gasteiger charge is 2.14. The first-order valence-corrected chi connectivity index (χ1v) is 6.55. The zero-order valence-corrected chi connectivity index (χ0v) is 10.8. The van der Waals surface area contributed by atoms with Crippen LogP contribution in [0, 0.1) is 6.92 Å². The van der Waals surface area contributed by atoms with E-state index in [1.807, 2.05) is 18.2 Å². The van der Waals surface area contributed by atoms with Crippen molar-refractivity contribution in [3.63, 3.8) is 0 Å². The minimum atomic E-state index is -0.0908. The average Bonchev–Trinajstić information content (AvgIpc) is 2.88. The van der Waals surface area contributed by atoms with Crippen LogP contribution in [0.3, 0.4) is 0 Å². The second-order valence-corrected chi connectivity index (χ2v) is 4.78. The first kappa shape index (κ1) is 12.9. The molecule has 1 fully saturated rings. The van der Waals surface area contributed by atoms with Gasteiger partial charge in [0.2, 0.25) is 0 Å². The van der Waals surface area contributed by atoms with Crippen molar-refractivity contribution in [1.82, 2.24) is 16.0 Å². The minimum Gasteiger partial charge on any atom is -0.337 e. The summed E-state index contributed by atoms with van der Waals surface area (Å²) in [5, 5.41) is 9.14. The number of nitrogens with one attached hydrogen (secondary N) is 3. The highest BCUT2D eigenvalue weighted by Crippen LogP contribution is 2.06. The van der Waals surface area contributed by atoms with Gasteiger partial charge >= 0.3 is 6.03 Å². The van der Waals surface area contributed by atoms with Crippen molar-refractivity contribution in [1.29, 1.82) is 0 Å². The fourth-order valence-electron chi connectivity index (χ4n) is 2.19. The van der Waals surface area contributed by atoms with Gasteiger partial charge in [-0.2, -0.15) is 0 Å². The van der Waals surface area contributed by atoms with Gasteiger partial charge in [0.25, 0.3) is 0 Å². The topological polar surface area (TPSA) is 53.2 Å². The van der Waals surface area contributed by atoms with E-state index in [1.165, 1.54) is 12.0 Å². The van der Waals surface area contributed by atoms with Gasteiger partial charge < -0.3 is 16.0 Å². The molecule has 1 aromatic carbocycles. The molecular formula is C14H21N3O. The lowest BCUT2D eigenvalue weighted by Crippen LogP contribution is -2.42. The molecule has 0 spiro atoms. The van der Waals surface area contributed by atoms with Gasteiger partial charge in [0.05, 0.1) is 0 Å². The lowest BCUT2D eigenvalue weighted by atomic mass is 10.1. The van der Waals surface area contributed by atoms with Crippen molar-refractivity contribution in [2.24, 2.45) is 0 Å². The van der Waals surface area contributed by atoms with Crippen LogP contribution in [0.25, 0.3) is 0 Å². The second kappa shape index (κ2) is 6.40. The Bertz CT molecular complexity index is 400. The molecule has 98 valence electrons. The zero-order chi connectivity index (χ0) is 12.8. The third kappa shape index (κ3) is 3.74. The molecule has 1 heterocycles. The molecule has 4 nitrogen and oxygen atoms in total. The summed E-state index contributed by atoms with van der Waals surface area (Å²) >= 11 is 0. The Kier molecular flexibility index (Phi) is 4.59.